The van der Waals surface area contributed by atoms with Crippen molar-refractivity contribution < 1.29 is 19.2 Å². The quantitative estimate of drug-likeness (QED) is 0.264. The number of nitro groups is 1. The van der Waals surface area contributed by atoms with Crippen LogP contribution < -0.4 is 0 Å². The molecule has 1 aromatic rings. The van der Waals surface area contributed by atoms with Crippen molar-refractivity contribution in [1.29, 1.82) is 0 Å². The van der Waals surface area contributed by atoms with Gasteiger partial charge < -0.3 is 4.74 Å². The molecule has 0 heterocycles. The summed E-state index contributed by atoms with van der Waals surface area (Å²) in [6, 6.07) is 6.19. The molecule has 0 aromatic heterocycles. The molecule has 0 aliphatic heterocycles. The van der Waals surface area contributed by atoms with Gasteiger partial charge in [0.1, 0.15) is 6.29 Å². The van der Waals surface area contributed by atoms with Crippen LogP contribution in [0.25, 0.3) is 0 Å². The van der Waals surface area contributed by atoms with E-state index in [4.69, 9.17) is 4.74 Å². The van der Waals surface area contributed by atoms with E-state index in [-0.39, 0.29) is 18.2 Å². The second-order valence-electron chi connectivity index (χ2n) is 4.86. The fourth-order valence-electron chi connectivity index (χ4n) is 2.50. The summed E-state index contributed by atoms with van der Waals surface area (Å²) in [5.41, 5.74) is -0.198. The number of esters is 1. The van der Waals surface area contributed by atoms with E-state index >= 15 is 0 Å². The minimum absolute atomic E-state index is 0.0171. The van der Waals surface area contributed by atoms with Gasteiger partial charge in [-0.1, -0.05) is 18.2 Å². The van der Waals surface area contributed by atoms with E-state index in [0.717, 1.165) is 0 Å². The molecule has 1 aromatic carbocycles. The predicted octanol–water partition coefficient (Wildman–Crippen LogP) is 2.39. The minimum Gasteiger partial charge on any atom is -0.465 e. The molecule has 6 heteroatoms. The van der Waals surface area contributed by atoms with Crippen LogP contribution in [0.15, 0.2) is 36.4 Å². The van der Waals surface area contributed by atoms with Crippen LogP contribution in [-0.2, 0) is 14.3 Å². The summed E-state index contributed by atoms with van der Waals surface area (Å²) < 4.78 is 5.06. The molecule has 0 N–H and O–H groups in total. The Morgan fingerprint density at radius 3 is 2.95 bits per heavy atom. The van der Waals surface area contributed by atoms with E-state index in [1.165, 1.54) is 24.3 Å². The first-order valence-corrected chi connectivity index (χ1v) is 6.59. The molecule has 1 aliphatic carbocycles. The molecule has 0 radical (unpaired) electrons. The van der Waals surface area contributed by atoms with Crippen LogP contribution in [0.3, 0.4) is 0 Å². The lowest BCUT2D eigenvalue weighted by Crippen LogP contribution is -2.19. The van der Waals surface area contributed by atoms with Gasteiger partial charge in [-0.05, 0) is 25.0 Å². The van der Waals surface area contributed by atoms with Crippen molar-refractivity contribution in [2.75, 3.05) is 6.61 Å². The zero-order chi connectivity index (χ0) is 15.5. The monoisotopic (exact) mass is 289 g/mol. The average Bonchev–Trinajstić information content (AvgIpc) is 3.21. The molecule has 2 atom stereocenters. The topological polar surface area (TPSA) is 86.5 Å². The number of hydrogen-bond donors (Lipinski definition) is 0. The van der Waals surface area contributed by atoms with Gasteiger partial charge in [0, 0.05) is 18.1 Å². The molecule has 21 heavy (non-hydrogen) atoms. The smallest absolute Gasteiger partial charge is 0.316 e. The van der Waals surface area contributed by atoms with Crippen LogP contribution >= 0.6 is 0 Å². The van der Waals surface area contributed by atoms with Crippen molar-refractivity contribution >= 4 is 17.9 Å². The average molecular weight is 289 g/mol. The Bertz CT molecular complexity index is 610. The third kappa shape index (κ3) is 2.84. The molecule has 6 nitrogen and oxygen atoms in total. The van der Waals surface area contributed by atoms with E-state index in [1.807, 2.05) is 0 Å². The summed E-state index contributed by atoms with van der Waals surface area (Å²) in [5, 5.41) is 10.8. The molecule has 0 amide bonds. The Kier molecular flexibility index (Phi) is 4.16. The molecular formula is C15H15NO5. The number of allylic oxidation sites excluding steroid dienone is 1. The fraction of sp³-hybridized carbons (Fsp3) is 0.333. The molecule has 1 aliphatic rings. The Balaban J connectivity index is 2.30. The van der Waals surface area contributed by atoms with Crippen molar-refractivity contribution in [3.05, 3.63) is 52.1 Å². The number of aldehydes is 1. The maximum atomic E-state index is 12.1. The summed E-state index contributed by atoms with van der Waals surface area (Å²) in [6.07, 6.45) is 3.89. The first-order valence-electron chi connectivity index (χ1n) is 6.59. The molecule has 0 spiro atoms. The summed E-state index contributed by atoms with van der Waals surface area (Å²) in [7, 11) is 0. The molecule has 0 unspecified atom stereocenters. The molecule has 1 fully saturated rings. The highest BCUT2D eigenvalue weighted by molar-refractivity contribution is 5.86. The standard InChI is InChI=1S/C15H15NO5/c1-2-21-14(18)15(7-4-8-17)10-13(15)11-5-3-6-12(9-11)16(19)20/h3-9,13H,2,10H2,1H3/b7-4+/t13-,15+/m1/s1. The van der Waals surface area contributed by atoms with Crippen molar-refractivity contribution in [3.8, 4) is 0 Å². The molecular weight excluding hydrogens is 274 g/mol. The van der Waals surface area contributed by atoms with Crippen LogP contribution in [0.5, 0.6) is 0 Å². The molecule has 0 bridgehead atoms. The van der Waals surface area contributed by atoms with Crippen LogP contribution in [-0.4, -0.2) is 23.8 Å². The van der Waals surface area contributed by atoms with Crippen LogP contribution in [0.1, 0.15) is 24.8 Å². The Labute approximate surface area is 121 Å². The van der Waals surface area contributed by atoms with E-state index < -0.39 is 16.3 Å². The number of carbonyl (C=O) groups is 2. The van der Waals surface area contributed by atoms with Crippen molar-refractivity contribution in [3.63, 3.8) is 0 Å². The molecule has 1 saturated carbocycles. The number of ether oxygens (including phenoxy) is 1. The van der Waals surface area contributed by atoms with Gasteiger partial charge in [0.2, 0.25) is 0 Å². The summed E-state index contributed by atoms with van der Waals surface area (Å²) in [5.74, 6) is -0.604. The third-order valence-corrected chi connectivity index (χ3v) is 3.61. The summed E-state index contributed by atoms with van der Waals surface area (Å²) >= 11 is 0. The second-order valence-corrected chi connectivity index (χ2v) is 4.86. The maximum Gasteiger partial charge on any atom is 0.316 e. The number of hydrogen-bond acceptors (Lipinski definition) is 5. The zero-order valence-electron chi connectivity index (χ0n) is 11.5. The molecule has 2 rings (SSSR count). The summed E-state index contributed by atoms with van der Waals surface area (Å²) in [6.45, 7) is 1.96. The SMILES string of the molecule is CCOC(=O)[C@@]1(/C=C/C=O)C[C@@H]1c1cccc([N+](=O)[O-])c1. The third-order valence-electron chi connectivity index (χ3n) is 3.61. The Morgan fingerprint density at radius 1 is 1.57 bits per heavy atom. The normalized spacial score (nSPS) is 23.8. The van der Waals surface area contributed by atoms with Crippen LogP contribution in [0.4, 0.5) is 5.69 Å². The van der Waals surface area contributed by atoms with Gasteiger partial charge in [-0.3, -0.25) is 19.7 Å². The second kappa shape index (κ2) is 5.87. The fourth-order valence-corrected chi connectivity index (χ4v) is 2.50. The Hall–Kier alpha value is -2.50. The van der Waals surface area contributed by atoms with Gasteiger partial charge in [0.05, 0.1) is 16.9 Å². The van der Waals surface area contributed by atoms with Gasteiger partial charge in [0.15, 0.2) is 0 Å². The maximum absolute atomic E-state index is 12.1. The summed E-state index contributed by atoms with van der Waals surface area (Å²) in [4.78, 5) is 33.0. The van der Waals surface area contributed by atoms with E-state index in [1.54, 1.807) is 19.1 Å². The number of nitro benzene ring substituents is 1. The lowest BCUT2D eigenvalue weighted by molar-refractivity contribution is -0.384. The highest BCUT2D eigenvalue weighted by Gasteiger charge is 2.60. The van der Waals surface area contributed by atoms with Crippen molar-refractivity contribution in [2.45, 2.75) is 19.3 Å². The van der Waals surface area contributed by atoms with Crippen molar-refractivity contribution in [2.24, 2.45) is 5.41 Å². The first kappa shape index (κ1) is 14.9. The highest BCUT2D eigenvalue weighted by Crippen LogP contribution is 2.61. The van der Waals surface area contributed by atoms with Gasteiger partial charge in [-0.15, -0.1) is 0 Å². The molecule has 110 valence electrons. The first-order chi connectivity index (χ1) is 10.0. The molecule has 0 saturated heterocycles. The van der Waals surface area contributed by atoms with E-state index in [2.05, 4.69) is 0 Å². The minimum atomic E-state index is -0.883. The highest BCUT2D eigenvalue weighted by atomic mass is 16.6. The van der Waals surface area contributed by atoms with Gasteiger partial charge >= 0.3 is 5.97 Å². The largest absolute Gasteiger partial charge is 0.465 e. The van der Waals surface area contributed by atoms with Gasteiger partial charge in [-0.25, -0.2) is 0 Å². The number of carbonyl (C=O) groups excluding carboxylic acids is 2. The number of rotatable bonds is 6. The van der Waals surface area contributed by atoms with E-state index in [9.17, 15) is 19.7 Å². The van der Waals surface area contributed by atoms with Crippen LogP contribution in [0, 0.1) is 15.5 Å². The Morgan fingerprint density at radius 2 is 2.33 bits per heavy atom. The van der Waals surface area contributed by atoms with Crippen molar-refractivity contribution in [1.82, 2.24) is 0 Å². The number of benzene rings is 1. The van der Waals surface area contributed by atoms with Crippen LogP contribution in [0.2, 0.25) is 0 Å². The lowest BCUT2D eigenvalue weighted by atomic mass is 9.98. The van der Waals surface area contributed by atoms with Gasteiger partial charge in [0.25, 0.3) is 5.69 Å². The number of nitrogens with zero attached hydrogens (tertiary/aromatic N) is 1. The van der Waals surface area contributed by atoms with E-state index in [0.29, 0.717) is 18.3 Å². The lowest BCUT2D eigenvalue weighted by Gasteiger charge is -2.11. The predicted molar refractivity (Wildman–Crippen MR) is 74.7 cm³/mol. The van der Waals surface area contributed by atoms with Gasteiger partial charge in [-0.2, -0.15) is 0 Å². The number of non-ortho nitro benzene ring substituents is 1. The zero-order valence-corrected chi connectivity index (χ0v) is 11.5.